The maximum Gasteiger partial charge on any atom is 0.405 e. The van der Waals surface area contributed by atoms with Gasteiger partial charge in [0.15, 0.2) is 0 Å². The van der Waals surface area contributed by atoms with E-state index in [4.69, 9.17) is 14.3 Å². The van der Waals surface area contributed by atoms with Crippen molar-refractivity contribution in [3.05, 3.63) is 128 Å². The lowest BCUT2D eigenvalue weighted by Crippen LogP contribution is -2.42. The van der Waals surface area contributed by atoms with Crippen LogP contribution in [0.3, 0.4) is 0 Å². The highest BCUT2D eigenvalue weighted by molar-refractivity contribution is 9.10. The predicted octanol–water partition coefficient (Wildman–Crippen LogP) is 11.9. The van der Waals surface area contributed by atoms with Crippen molar-refractivity contribution in [3.63, 3.8) is 0 Å². The Hall–Kier alpha value is -3.22. The third kappa shape index (κ3) is 9.96. The van der Waals surface area contributed by atoms with E-state index in [9.17, 15) is 18.9 Å². The summed E-state index contributed by atoms with van der Waals surface area (Å²) in [6, 6.07) is 23.2. The monoisotopic (exact) mass is 949 g/mol. The number of para-hydroxylation sites is 1. The van der Waals surface area contributed by atoms with Crippen LogP contribution in [0.4, 0.5) is 17.6 Å². The van der Waals surface area contributed by atoms with Crippen molar-refractivity contribution in [2.24, 2.45) is 0 Å². The van der Waals surface area contributed by atoms with E-state index in [0.717, 1.165) is 6.07 Å². The highest BCUT2D eigenvalue weighted by Gasteiger charge is 2.59. The van der Waals surface area contributed by atoms with E-state index in [1.165, 1.54) is 65.8 Å². The van der Waals surface area contributed by atoms with Gasteiger partial charge >= 0.3 is 13.3 Å². The zero-order valence-electron chi connectivity index (χ0n) is 36.6. The molecule has 0 bridgehead atoms. The molecule has 9 nitrogen and oxygen atoms in total. The fraction of sp³-hybridized carbons (Fsp3) is 0.467. The molecule has 1 unspecified atom stereocenters. The number of halogens is 5. The summed E-state index contributed by atoms with van der Waals surface area (Å²) in [6.45, 7) is 19.6. The summed E-state index contributed by atoms with van der Waals surface area (Å²) in [4.78, 5) is 24.4. The van der Waals surface area contributed by atoms with Crippen LogP contribution in [-0.4, -0.2) is 26.2 Å². The van der Waals surface area contributed by atoms with Crippen LogP contribution in [0.15, 0.2) is 89.4 Å². The van der Waals surface area contributed by atoms with Crippen LogP contribution < -0.4 is 9.79 Å². The third-order valence-corrected chi connectivity index (χ3v) is 14.1. The van der Waals surface area contributed by atoms with Gasteiger partial charge in [0.1, 0.15) is 5.52 Å². The highest BCUT2D eigenvalue weighted by atomic mass is 79.9. The van der Waals surface area contributed by atoms with E-state index in [1.807, 2.05) is 69.3 Å². The van der Waals surface area contributed by atoms with Crippen LogP contribution in [0.25, 0.3) is 11.0 Å². The molecule has 0 spiro atoms. The van der Waals surface area contributed by atoms with E-state index in [1.54, 1.807) is 31.5 Å². The molecular weight excluding hydrogens is 896 g/mol. The fourth-order valence-electron chi connectivity index (χ4n) is 7.87. The Labute approximate surface area is 364 Å². The van der Waals surface area contributed by atoms with E-state index in [0.29, 0.717) is 33.3 Å². The maximum absolute atomic E-state index is 16.8. The first kappa shape index (κ1) is 48.8. The van der Waals surface area contributed by atoms with Crippen molar-refractivity contribution in [1.29, 1.82) is 0 Å². The Morgan fingerprint density at radius 1 is 0.656 bits per heavy atom. The quantitative estimate of drug-likeness (QED) is 0.0893. The van der Waals surface area contributed by atoms with Gasteiger partial charge < -0.3 is 14.4 Å². The number of nitrogens with zero attached hydrogens (tertiary/aromatic N) is 3. The summed E-state index contributed by atoms with van der Waals surface area (Å²) in [5.41, 5.74) is -12.7. The van der Waals surface area contributed by atoms with Gasteiger partial charge in [-0.2, -0.15) is 17.6 Å². The standard InChI is InChI=1S/C45H56BrF4N3O6P2/c1-39(2,3)37-30(23-25-33(38(37)40(4,5)6)44(47,48)60(54,55)56)28-43(31-18-14-13-15-19-31,53-36-21-17-16-20-35(36)51-52-53)27-29-22-24-32(34(46)26-29)45(49,50)61(57,58-41(7,8)9)59-42(10,11)12/h13-26H,27-28H2,1-12H3,(H2,54,55,56)/p-2. The van der Waals surface area contributed by atoms with E-state index >= 15 is 17.6 Å². The van der Waals surface area contributed by atoms with Gasteiger partial charge in [0.2, 0.25) is 0 Å². The largest absolute Gasteiger partial charge is 0.806 e. The predicted molar refractivity (Wildman–Crippen MR) is 231 cm³/mol. The zero-order chi connectivity index (χ0) is 46.0. The normalized spacial score (nSPS) is 15.0. The highest BCUT2D eigenvalue weighted by Crippen LogP contribution is 2.70. The summed E-state index contributed by atoms with van der Waals surface area (Å²) in [5.74, 6) is 0. The molecule has 5 rings (SSSR count). The lowest BCUT2D eigenvalue weighted by atomic mass is 9.68. The van der Waals surface area contributed by atoms with Crippen LogP contribution >= 0.6 is 31.1 Å². The van der Waals surface area contributed by atoms with Gasteiger partial charge in [-0.1, -0.05) is 129 Å². The molecule has 0 radical (unpaired) electrons. The van der Waals surface area contributed by atoms with Gasteiger partial charge in [-0.05, 0) is 98.4 Å². The Morgan fingerprint density at radius 2 is 1.18 bits per heavy atom. The number of benzene rings is 4. The summed E-state index contributed by atoms with van der Waals surface area (Å²) in [6.07, 6.45) is 0.105. The molecule has 1 heterocycles. The number of aromatic nitrogens is 3. The van der Waals surface area contributed by atoms with Gasteiger partial charge in [0, 0.05) is 36.0 Å². The molecule has 0 fully saturated rings. The second-order valence-electron chi connectivity index (χ2n) is 19.6. The van der Waals surface area contributed by atoms with Crippen LogP contribution in [0.1, 0.15) is 122 Å². The molecule has 0 saturated heterocycles. The van der Waals surface area contributed by atoms with Gasteiger partial charge in [0.25, 0.3) is 5.66 Å². The molecule has 16 heteroatoms. The van der Waals surface area contributed by atoms with Crippen molar-refractivity contribution < 1.29 is 45.5 Å². The fourth-order valence-corrected chi connectivity index (χ4v) is 11.4. The Morgan fingerprint density at radius 3 is 1.69 bits per heavy atom. The van der Waals surface area contributed by atoms with E-state index in [2.05, 4.69) is 21.0 Å². The van der Waals surface area contributed by atoms with Crippen LogP contribution in [0.2, 0.25) is 0 Å². The zero-order valence-corrected chi connectivity index (χ0v) is 39.9. The minimum atomic E-state index is -6.48. The van der Waals surface area contributed by atoms with Crippen molar-refractivity contribution in [1.82, 2.24) is 15.0 Å². The molecule has 61 heavy (non-hydrogen) atoms. The summed E-state index contributed by atoms with van der Waals surface area (Å²) in [7, 11) is -11.7. The van der Waals surface area contributed by atoms with Gasteiger partial charge in [0.05, 0.1) is 22.3 Å². The third-order valence-electron chi connectivity index (χ3n) is 10.00. The Bertz CT molecular complexity index is 2480. The number of alkyl halides is 4. The maximum atomic E-state index is 16.8. The van der Waals surface area contributed by atoms with Crippen LogP contribution in [0, 0.1) is 0 Å². The van der Waals surface area contributed by atoms with Gasteiger partial charge in [-0.15, -0.1) is 5.10 Å². The number of fused-ring (bicyclic) bond motifs is 1. The summed E-state index contributed by atoms with van der Waals surface area (Å²) >= 11 is 3.37. The summed E-state index contributed by atoms with van der Waals surface area (Å²) in [5, 5.41) is 9.18. The SMILES string of the molecule is CC(C)(C)OP(=O)(OC(C)(C)C)C(F)(F)c1ccc(CC(Cc2ccc(C(F)(F)P(=O)([O-])[O-])c(C(C)(C)C)c2C(C)(C)C)(c2ccccc2)n2nnc3ccccc32)cc1Br. The average molecular weight is 951 g/mol. The molecule has 1 atom stereocenters. The van der Waals surface area contributed by atoms with Gasteiger partial charge in [-0.25, -0.2) is 4.68 Å². The van der Waals surface area contributed by atoms with Crippen molar-refractivity contribution in [2.45, 2.75) is 135 Å². The molecule has 4 aromatic carbocycles. The molecule has 0 saturated carbocycles. The minimum absolute atomic E-state index is 0.0218. The molecule has 0 N–H and O–H groups in total. The minimum Gasteiger partial charge on any atom is -0.806 e. The lowest BCUT2D eigenvalue weighted by Gasteiger charge is -2.43. The van der Waals surface area contributed by atoms with Crippen molar-refractivity contribution >= 4 is 42.2 Å². The molecule has 332 valence electrons. The molecule has 1 aromatic heterocycles. The molecular formula is C45H54BrF4N3O6P2-2. The number of rotatable bonds is 12. The molecule has 0 aliphatic heterocycles. The molecule has 0 aliphatic rings. The topological polar surface area (TPSA) is 129 Å². The average Bonchev–Trinajstić information content (AvgIpc) is 3.53. The Balaban J connectivity index is 1.84. The smallest absolute Gasteiger partial charge is 0.405 e. The van der Waals surface area contributed by atoms with Crippen molar-refractivity contribution in [3.8, 4) is 0 Å². The number of hydrogen-bond donors (Lipinski definition) is 0. The Kier molecular flexibility index (Phi) is 13.1. The van der Waals surface area contributed by atoms with Crippen molar-refractivity contribution in [2.75, 3.05) is 0 Å². The van der Waals surface area contributed by atoms with Gasteiger partial charge in [-0.3, -0.25) is 13.6 Å². The molecule has 5 aromatic rings. The summed E-state index contributed by atoms with van der Waals surface area (Å²) < 4.78 is 104. The second kappa shape index (κ2) is 16.4. The van der Waals surface area contributed by atoms with E-state index < -0.39 is 65.2 Å². The number of hydrogen-bond acceptors (Lipinski definition) is 8. The van der Waals surface area contributed by atoms with Crippen LogP contribution in [0.5, 0.6) is 0 Å². The first-order chi connectivity index (χ1) is 27.6. The van der Waals surface area contributed by atoms with E-state index in [-0.39, 0.29) is 22.9 Å². The second-order valence-corrected chi connectivity index (χ2v) is 23.9. The molecule has 0 aliphatic carbocycles. The lowest BCUT2D eigenvalue weighted by molar-refractivity contribution is -0.335. The first-order valence-electron chi connectivity index (χ1n) is 19.8. The first-order valence-corrected chi connectivity index (χ1v) is 23.6. The van der Waals surface area contributed by atoms with Crippen LogP contribution in [-0.2, 0) is 58.7 Å². The molecule has 0 amide bonds.